The van der Waals surface area contributed by atoms with E-state index in [2.05, 4.69) is 6.92 Å². The average molecular weight is 396 g/mol. The molecule has 2 atom stereocenters. The Kier molecular flexibility index (Phi) is 7.23. The van der Waals surface area contributed by atoms with E-state index in [1.807, 2.05) is 37.3 Å². The fraction of sp³-hybridized carbons (Fsp3) is 0.280. The van der Waals surface area contributed by atoms with Gasteiger partial charge in [-0.15, -0.1) is 0 Å². The molecule has 0 saturated carbocycles. The van der Waals surface area contributed by atoms with Gasteiger partial charge in [-0.1, -0.05) is 43.3 Å². The molecule has 3 rings (SSSR count). The second kappa shape index (κ2) is 10.1. The number of benzene rings is 3. The highest BCUT2D eigenvalue weighted by Gasteiger charge is 2.16. The van der Waals surface area contributed by atoms with Crippen molar-refractivity contribution in [2.75, 3.05) is 6.61 Å². The molecule has 0 N–H and O–H groups in total. The Balaban J connectivity index is 1.61. The van der Waals surface area contributed by atoms with Crippen LogP contribution in [0.25, 0.3) is 0 Å². The molecule has 0 spiro atoms. The minimum absolute atomic E-state index is 0.0379. The van der Waals surface area contributed by atoms with Crippen molar-refractivity contribution in [1.29, 1.82) is 0 Å². The van der Waals surface area contributed by atoms with Gasteiger partial charge in [0.25, 0.3) is 0 Å². The molecule has 0 fully saturated rings. The van der Waals surface area contributed by atoms with Gasteiger partial charge in [0.2, 0.25) is 0 Å². The molecule has 0 radical (unpaired) electrons. The summed E-state index contributed by atoms with van der Waals surface area (Å²) in [5.74, 6) is 1.10. The molecule has 0 aliphatic rings. The molecule has 2 unspecified atom stereocenters. The van der Waals surface area contributed by atoms with Crippen LogP contribution in [-0.4, -0.2) is 6.61 Å². The van der Waals surface area contributed by atoms with Crippen LogP contribution in [0.1, 0.15) is 49.9 Å². The second-order valence-corrected chi connectivity index (χ2v) is 7.05. The largest absolute Gasteiger partial charge is 0.494 e. The minimum Gasteiger partial charge on any atom is -0.494 e. The zero-order valence-electron chi connectivity index (χ0n) is 16.8. The predicted octanol–water partition coefficient (Wildman–Crippen LogP) is 7.61. The molecule has 0 aromatic heterocycles. The van der Waals surface area contributed by atoms with Gasteiger partial charge in [0, 0.05) is 0 Å². The lowest BCUT2D eigenvalue weighted by Crippen LogP contribution is -2.00. The van der Waals surface area contributed by atoms with Crippen molar-refractivity contribution < 1.29 is 18.3 Å². The summed E-state index contributed by atoms with van der Waals surface area (Å²) in [6.45, 7) is 4.66. The summed E-state index contributed by atoms with van der Waals surface area (Å²) >= 11 is 0. The first-order chi connectivity index (χ1) is 14.1. The minimum atomic E-state index is -1.18. The Bertz CT molecular complexity index is 894. The number of hydrogen-bond acceptors (Lipinski definition) is 2. The van der Waals surface area contributed by atoms with Crippen LogP contribution < -0.4 is 9.47 Å². The van der Waals surface area contributed by atoms with Crippen molar-refractivity contribution in [2.24, 2.45) is 0 Å². The smallest absolute Gasteiger partial charge is 0.165 e. The van der Waals surface area contributed by atoms with E-state index in [0.29, 0.717) is 30.8 Å². The number of rotatable bonds is 9. The quantitative estimate of drug-likeness (QED) is 0.370. The van der Waals surface area contributed by atoms with Crippen LogP contribution in [0.3, 0.4) is 0 Å². The van der Waals surface area contributed by atoms with Crippen LogP contribution in [0.2, 0.25) is 0 Å². The number of para-hydroxylation sites is 1. The van der Waals surface area contributed by atoms with Crippen molar-refractivity contribution in [3.63, 3.8) is 0 Å². The van der Waals surface area contributed by atoms with Crippen molar-refractivity contribution in [3.8, 4) is 17.2 Å². The fourth-order valence-electron chi connectivity index (χ4n) is 3.20. The van der Waals surface area contributed by atoms with Crippen LogP contribution in [0.4, 0.5) is 8.78 Å². The average Bonchev–Trinajstić information content (AvgIpc) is 2.75. The molecule has 3 aromatic carbocycles. The maximum absolute atomic E-state index is 14.8. The van der Waals surface area contributed by atoms with Gasteiger partial charge in [-0.3, -0.25) is 0 Å². The van der Waals surface area contributed by atoms with Crippen LogP contribution in [0, 0.1) is 5.82 Å². The van der Waals surface area contributed by atoms with Crippen molar-refractivity contribution in [1.82, 2.24) is 0 Å². The second-order valence-electron chi connectivity index (χ2n) is 7.05. The zero-order valence-corrected chi connectivity index (χ0v) is 16.8. The third-order valence-electron chi connectivity index (χ3n) is 4.90. The highest BCUT2D eigenvalue weighted by Crippen LogP contribution is 2.33. The van der Waals surface area contributed by atoms with E-state index >= 15 is 0 Å². The van der Waals surface area contributed by atoms with Gasteiger partial charge in [-0.05, 0) is 73.2 Å². The molecular weight excluding hydrogens is 370 g/mol. The Morgan fingerprint density at radius 2 is 1.52 bits per heavy atom. The highest BCUT2D eigenvalue weighted by molar-refractivity contribution is 5.36. The monoisotopic (exact) mass is 396 g/mol. The van der Waals surface area contributed by atoms with Crippen LogP contribution in [0.15, 0.2) is 72.8 Å². The first-order valence-electron chi connectivity index (χ1n) is 9.96. The van der Waals surface area contributed by atoms with E-state index in [1.165, 1.54) is 18.2 Å². The van der Waals surface area contributed by atoms with E-state index in [1.54, 1.807) is 24.3 Å². The van der Waals surface area contributed by atoms with Crippen molar-refractivity contribution in [2.45, 2.75) is 38.8 Å². The van der Waals surface area contributed by atoms with E-state index in [4.69, 9.17) is 9.47 Å². The van der Waals surface area contributed by atoms with Gasteiger partial charge in [0.15, 0.2) is 11.6 Å². The van der Waals surface area contributed by atoms with Crippen LogP contribution >= 0.6 is 0 Å². The Morgan fingerprint density at radius 3 is 2.21 bits per heavy atom. The lowest BCUT2D eigenvalue weighted by atomic mass is 9.93. The first-order valence-corrected chi connectivity index (χ1v) is 9.96. The summed E-state index contributed by atoms with van der Waals surface area (Å²) in [7, 11) is 0. The summed E-state index contributed by atoms with van der Waals surface area (Å²) < 4.78 is 39.9. The topological polar surface area (TPSA) is 18.5 Å². The third-order valence-corrected chi connectivity index (χ3v) is 4.90. The Morgan fingerprint density at radius 1 is 0.828 bits per heavy atom. The van der Waals surface area contributed by atoms with Gasteiger partial charge in [-0.2, -0.15) is 0 Å². The molecule has 29 heavy (non-hydrogen) atoms. The summed E-state index contributed by atoms with van der Waals surface area (Å²) in [6.07, 6.45) is -0.148. The lowest BCUT2D eigenvalue weighted by Gasteiger charge is -2.16. The summed E-state index contributed by atoms with van der Waals surface area (Å²) in [5, 5.41) is 0. The molecule has 0 amide bonds. The molecule has 4 heteroatoms. The van der Waals surface area contributed by atoms with Gasteiger partial charge < -0.3 is 9.47 Å². The third kappa shape index (κ3) is 5.80. The zero-order chi connectivity index (χ0) is 20.6. The van der Waals surface area contributed by atoms with Crippen LogP contribution in [0.5, 0.6) is 17.2 Å². The number of hydrogen-bond donors (Lipinski definition) is 0. The van der Waals surface area contributed by atoms with Crippen LogP contribution in [-0.2, 0) is 0 Å². The van der Waals surface area contributed by atoms with E-state index in [9.17, 15) is 8.78 Å². The van der Waals surface area contributed by atoms with E-state index in [-0.39, 0.29) is 11.7 Å². The van der Waals surface area contributed by atoms with Crippen molar-refractivity contribution >= 4 is 0 Å². The maximum Gasteiger partial charge on any atom is 0.165 e. The van der Waals surface area contributed by atoms with Gasteiger partial charge in [-0.25, -0.2) is 8.78 Å². The molecule has 3 aromatic rings. The molecular formula is C25H26F2O2. The maximum atomic E-state index is 14.8. The van der Waals surface area contributed by atoms with E-state index in [0.717, 1.165) is 11.3 Å². The fourth-order valence-corrected chi connectivity index (χ4v) is 3.20. The predicted molar refractivity (Wildman–Crippen MR) is 112 cm³/mol. The Hall–Kier alpha value is -2.88. The first kappa shape index (κ1) is 20.8. The highest BCUT2D eigenvalue weighted by atomic mass is 19.1. The molecule has 0 aliphatic carbocycles. The molecule has 0 aliphatic heterocycles. The summed E-state index contributed by atoms with van der Waals surface area (Å²) in [4.78, 5) is 0. The van der Waals surface area contributed by atoms with Gasteiger partial charge in [0.05, 0.1) is 6.61 Å². The molecule has 0 bridgehead atoms. The number of ether oxygens (including phenoxy) is 2. The molecule has 152 valence electrons. The lowest BCUT2D eigenvalue weighted by molar-refractivity contribution is 0.308. The summed E-state index contributed by atoms with van der Waals surface area (Å²) in [5.41, 5.74) is 1.57. The van der Waals surface area contributed by atoms with Crippen molar-refractivity contribution in [3.05, 3.63) is 89.7 Å². The van der Waals surface area contributed by atoms with E-state index < -0.39 is 12.0 Å². The number of alkyl halides is 1. The SMILES string of the molecule is CCOc1ccc(C(C)CCC(F)c2ccc(F)c(Oc3ccccc3)c2)cc1. The standard InChI is InChI=1S/C25H26F2O2/c1-3-28-21-13-10-19(11-14-21)18(2)9-15-23(26)20-12-16-24(27)25(17-20)29-22-7-5-4-6-8-22/h4-8,10-14,16-18,23H,3,9,15H2,1-2H3. The Labute approximate surface area is 171 Å². The molecule has 2 nitrogen and oxygen atoms in total. The van der Waals surface area contributed by atoms with Gasteiger partial charge in [0.1, 0.15) is 17.7 Å². The molecule has 0 heterocycles. The summed E-state index contributed by atoms with van der Waals surface area (Å²) in [6, 6.07) is 21.0. The normalized spacial score (nSPS) is 13.0. The van der Waals surface area contributed by atoms with Gasteiger partial charge >= 0.3 is 0 Å². The number of halogens is 2. The molecule has 0 saturated heterocycles.